The Labute approximate surface area is 166 Å². The highest BCUT2D eigenvalue weighted by Crippen LogP contribution is 2.40. The van der Waals surface area contributed by atoms with Gasteiger partial charge in [0.1, 0.15) is 11.5 Å². The Bertz CT molecular complexity index is 992. The lowest BCUT2D eigenvalue weighted by atomic mass is 9.89. The predicted octanol–water partition coefficient (Wildman–Crippen LogP) is 4.58. The van der Waals surface area contributed by atoms with Crippen molar-refractivity contribution in [3.8, 4) is 11.3 Å². The van der Waals surface area contributed by atoms with Gasteiger partial charge in [0.15, 0.2) is 11.6 Å². The second-order valence-corrected chi connectivity index (χ2v) is 7.27. The molecule has 0 spiro atoms. The number of aliphatic carboxylic acids is 1. The summed E-state index contributed by atoms with van der Waals surface area (Å²) >= 11 is 5.77. The largest absolute Gasteiger partial charge is 0.500 e. The molecule has 2 aromatic rings. The van der Waals surface area contributed by atoms with Crippen LogP contribution in [0.3, 0.4) is 0 Å². The first kappa shape index (κ1) is 20.0. The van der Waals surface area contributed by atoms with E-state index in [1.807, 2.05) is 13.8 Å². The molecule has 0 saturated heterocycles. The molecule has 0 radical (unpaired) electrons. The molecule has 0 amide bonds. The smallest absolute Gasteiger partial charge is 0.304 e. The molecule has 0 fully saturated rings. The molecule has 28 heavy (non-hydrogen) atoms. The lowest BCUT2D eigenvalue weighted by molar-refractivity contribution is -0.139. The SMILES string of the molecule is COC1=C(c2c(C)cc(-c3ncc(Cl)cc3F)cc2C)C(=O)C(CC(=O)O)C1. The fraction of sp³-hybridized carbons (Fsp3) is 0.286. The van der Waals surface area contributed by atoms with Crippen molar-refractivity contribution in [3.63, 3.8) is 0 Å². The molecule has 3 rings (SSSR count). The van der Waals surface area contributed by atoms with Crippen LogP contribution in [0.1, 0.15) is 29.5 Å². The molecule has 5 nitrogen and oxygen atoms in total. The number of methoxy groups -OCH3 is 1. The number of carboxylic acid groups (broad SMARTS) is 1. The first-order chi connectivity index (χ1) is 13.2. The zero-order valence-corrected chi connectivity index (χ0v) is 16.4. The van der Waals surface area contributed by atoms with Gasteiger partial charge in [-0.3, -0.25) is 14.6 Å². The van der Waals surface area contributed by atoms with Crippen molar-refractivity contribution in [2.75, 3.05) is 7.11 Å². The summed E-state index contributed by atoms with van der Waals surface area (Å²) in [5.74, 6) is -1.96. The van der Waals surface area contributed by atoms with Crippen LogP contribution in [-0.2, 0) is 14.3 Å². The van der Waals surface area contributed by atoms with Gasteiger partial charge in [0.25, 0.3) is 0 Å². The third-order valence-electron chi connectivity index (χ3n) is 4.86. The molecule has 0 saturated carbocycles. The standard InChI is InChI=1S/C21H19ClFNO4/c1-10-4-12(20-15(23)8-14(22)9-24-20)5-11(2)18(10)19-16(28-3)6-13(21(19)27)7-17(25)26/h4-5,8-9,13H,6-7H2,1-3H3,(H,25,26). The highest BCUT2D eigenvalue weighted by atomic mass is 35.5. The van der Waals surface area contributed by atoms with Crippen molar-refractivity contribution in [2.24, 2.45) is 5.92 Å². The van der Waals surface area contributed by atoms with Gasteiger partial charge in [-0.1, -0.05) is 11.6 Å². The molecule has 146 valence electrons. The third kappa shape index (κ3) is 3.64. The number of ketones is 1. The van der Waals surface area contributed by atoms with E-state index in [0.717, 1.165) is 11.1 Å². The maximum absolute atomic E-state index is 14.3. The minimum absolute atomic E-state index is 0.171. The molecule has 0 bridgehead atoms. The van der Waals surface area contributed by atoms with Crippen molar-refractivity contribution >= 4 is 28.9 Å². The van der Waals surface area contributed by atoms with E-state index in [1.165, 1.54) is 19.4 Å². The first-order valence-electron chi connectivity index (χ1n) is 8.69. The van der Waals surface area contributed by atoms with Crippen LogP contribution >= 0.6 is 11.6 Å². The molecule has 1 heterocycles. The van der Waals surface area contributed by atoms with Crippen LogP contribution in [0.2, 0.25) is 5.02 Å². The Kier molecular flexibility index (Phi) is 5.52. The van der Waals surface area contributed by atoms with Gasteiger partial charge in [-0.25, -0.2) is 4.39 Å². The Morgan fingerprint density at radius 3 is 2.50 bits per heavy atom. The Morgan fingerprint density at radius 2 is 1.96 bits per heavy atom. The number of Topliss-reactive ketones (excluding diaryl/α,β-unsaturated/α-hetero) is 1. The van der Waals surface area contributed by atoms with Gasteiger partial charge in [-0.15, -0.1) is 0 Å². The fourth-order valence-corrected chi connectivity index (χ4v) is 3.85. The fourth-order valence-electron chi connectivity index (χ4n) is 3.71. The zero-order valence-electron chi connectivity index (χ0n) is 15.7. The third-order valence-corrected chi connectivity index (χ3v) is 5.07. The van der Waals surface area contributed by atoms with Gasteiger partial charge in [0, 0.05) is 24.1 Å². The predicted molar refractivity (Wildman–Crippen MR) is 103 cm³/mol. The maximum Gasteiger partial charge on any atom is 0.304 e. The van der Waals surface area contributed by atoms with E-state index in [1.54, 1.807) is 12.1 Å². The lowest BCUT2D eigenvalue weighted by Crippen LogP contribution is -2.15. The average molecular weight is 404 g/mol. The van der Waals surface area contributed by atoms with E-state index >= 15 is 0 Å². The van der Waals surface area contributed by atoms with Crippen molar-refractivity contribution in [1.82, 2.24) is 4.98 Å². The van der Waals surface area contributed by atoms with Crippen LogP contribution in [0.5, 0.6) is 0 Å². The molecule has 7 heteroatoms. The van der Waals surface area contributed by atoms with E-state index in [9.17, 15) is 14.0 Å². The van der Waals surface area contributed by atoms with E-state index in [2.05, 4.69) is 4.98 Å². The summed E-state index contributed by atoms with van der Waals surface area (Å²) in [4.78, 5) is 28.0. The number of carbonyl (C=O) groups excluding carboxylic acids is 1. The van der Waals surface area contributed by atoms with Crippen molar-refractivity contribution in [3.05, 3.63) is 57.7 Å². The number of rotatable bonds is 5. The number of halogens is 2. The van der Waals surface area contributed by atoms with Gasteiger partial charge in [-0.2, -0.15) is 0 Å². The van der Waals surface area contributed by atoms with Crippen LogP contribution in [-0.4, -0.2) is 29.0 Å². The Hall–Kier alpha value is -2.73. The quantitative estimate of drug-likeness (QED) is 0.790. The number of carboxylic acids is 1. The van der Waals surface area contributed by atoms with Gasteiger partial charge < -0.3 is 9.84 Å². The normalized spacial score (nSPS) is 16.6. The summed E-state index contributed by atoms with van der Waals surface area (Å²) in [6, 6.07) is 4.70. The molecule has 1 aliphatic rings. The minimum atomic E-state index is -1.02. The number of pyridine rings is 1. The Morgan fingerprint density at radius 1 is 1.32 bits per heavy atom. The van der Waals surface area contributed by atoms with E-state index in [0.29, 0.717) is 22.5 Å². The number of benzene rings is 1. The highest BCUT2D eigenvalue weighted by Gasteiger charge is 2.37. The van der Waals surface area contributed by atoms with Crippen LogP contribution in [0, 0.1) is 25.6 Å². The number of hydrogen-bond donors (Lipinski definition) is 1. The van der Waals surface area contributed by atoms with Crippen LogP contribution in [0.25, 0.3) is 16.8 Å². The number of aromatic nitrogens is 1. The number of nitrogens with zero attached hydrogens (tertiary/aromatic N) is 1. The van der Waals surface area contributed by atoms with Crippen LogP contribution < -0.4 is 0 Å². The topological polar surface area (TPSA) is 76.5 Å². The second kappa shape index (κ2) is 7.72. The summed E-state index contributed by atoms with van der Waals surface area (Å²) in [6.45, 7) is 3.63. The van der Waals surface area contributed by atoms with Gasteiger partial charge in [0.2, 0.25) is 0 Å². The monoisotopic (exact) mass is 403 g/mol. The molecular weight excluding hydrogens is 385 g/mol. The van der Waals surface area contributed by atoms with E-state index < -0.39 is 17.7 Å². The number of aryl methyl sites for hydroxylation is 2. The van der Waals surface area contributed by atoms with Gasteiger partial charge in [-0.05, 0) is 48.7 Å². The molecule has 1 atom stereocenters. The highest BCUT2D eigenvalue weighted by molar-refractivity contribution is 6.30. The number of allylic oxidation sites excluding steroid dienone is 2. The average Bonchev–Trinajstić information content (AvgIpc) is 2.90. The van der Waals surface area contributed by atoms with Crippen LogP contribution in [0.15, 0.2) is 30.2 Å². The maximum atomic E-state index is 14.3. The molecule has 1 aliphatic carbocycles. The van der Waals surface area contributed by atoms with Crippen molar-refractivity contribution in [1.29, 1.82) is 0 Å². The summed E-state index contributed by atoms with van der Waals surface area (Å²) < 4.78 is 19.7. The second-order valence-electron chi connectivity index (χ2n) is 6.83. The molecule has 1 aromatic carbocycles. The van der Waals surface area contributed by atoms with E-state index in [4.69, 9.17) is 21.4 Å². The molecule has 1 aromatic heterocycles. The summed E-state index contributed by atoms with van der Waals surface area (Å²) in [5.41, 5.74) is 3.33. The summed E-state index contributed by atoms with van der Waals surface area (Å²) in [7, 11) is 1.47. The van der Waals surface area contributed by atoms with Gasteiger partial charge >= 0.3 is 5.97 Å². The number of hydrogen-bond acceptors (Lipinski definition) is 4. The number of carbonyl (C=O) groups is 2. The lowest BCUT2D eigenvalue weighted by Gasteiger charge is -2.15. The molecule has 1 N–H and O–H groups in total. The van der Waals surface area contributed by atoms with Gasteiger partial charge in [0.05, 0.1) is 24.1 Å². The summed E-state index contributed by atoms with van der Waals surface area (Å²) in [6.07, 6.45) is 1.39. The van der Waals surface area contributed by atoms with Crippen LogP contribution in [0.4, 0.5) is 4.39 Å². The molecular formula is C21H19ClFNO4. The summed E-state index contributed by atoms with van der Waals surface area (Å²) in [5, 5.41) is 9.27. The zero-order chi connectivity index (χ0) is 20.6. The molecule has 0 aliphatic heterocycles. The Balaban J connectivity index is 2.08. The number of ether oxygens (including phenoxy) is 1. The van der Waals surface area contributed by atoms with E-state index in [-0.39, 0.29) is 29.3 Å². The minimum Gasteiger partial charge on any atom is -0.500 e. The van der Waals surface area contributed by atoms with Crippen molar-refractivity contribution in [2.45, 2.75) is 26.7 Å². The van der Waals surface area contributed by atoms with Crippen molar-refractivity contribution < 1.29 is 23.8 Å². The first-order valence-corrected chi connectivity index (χ1v) is 9.06. The molecule has 1 unspecified atom stereocenters.